The summed E-state index contributed by atoms with van der Waals surface area (Å²) in [6, 6.07) is 0. The predicted octanol–water partition coefficient (Wildman–Crippen LogP) is 1.45. The molecule has 0 amide bonds. The highest BCUT2D eigenvalue weighted by Crippen LogP contribution is 2.79. The fraction of sp³-hybridized carbons (Fsp3) is 1.00. The zero-order chi connectivity index (χ0) is 13.4. The highest BCUT2D eigenvalue weighted by atomic mass is 16.8. The molecule has 1 aliphatic carbocycles. The van der Waals surface area contributed by atoms with E-state index < -0.39 is 11.4 Å². The van der Waals surface area contributed by atoms with Crippen LogP contribution in [0.1, 0.15) is 40.5 Å². The number of hydrogen-bond donors (Lipinski definition) is 1. The van der Waals surface area contributed by atoms with Crippen LogP contribution >= 0.6 is 0 Å². The van der Waals surface area contributed by atoms with Gasteiger partial charge in [-0.05, 0) is 32.6 Å². The molecule has 4 heterocycles. The lowest BCUT2D eigenvalue weighted by Gasteiger charge is -2.67. The van der Waals surface area contributed by atoms with Gasteiger partial charge in [-0.2, -0.15) is 0 Å². The molecular formula is C15H22O4. The van der Waals surface area contributed by atoms with E-state index in [1.165, 1.54) is 0 Å². The van der Waals surface area contributed by atoms with Gasteiger partial charge in [-0.25, -0.2) is 0 Å². The molecule has 5 rings (SSSR count). The van der Waals surface area contributed by atoms with Gasteiger partial charge in [0.2, 0.25) is 5.79 Å². The highest BCUT2D eigenvalue weighted by Gasteiger charge is 2.94. The summed E-state index contributed by atoms with van der Waals surface area (Å²) in [6.45, 7) is 8.89. The van der Waals surface area contributed by atoms with E-state index in [2.05, 4.69) is 27.7 Å². The molecule has 4 saturated heterocycles. The van der Waals surface area contributed by atoms with Crippen LogP contribution in [0.4, 0.5) is 0 Å². The van der Waals surface area contributed by atoms with Crippen molar-refractivity contribution in [1.29, 1.82) is 0 Å². The van der Waals surface area contributed by atoms with Crippen LogP contribution in [0, 0.1) is 17.3 Å². The van der Waals surface area contributed by atoms with Crippen molar-refractivity contribution in [3.63, 3.8) is 0 Å². The summed E-state index contributed by atoms with van der Waals surface area (Å²) < 4.78 is 18.5. The Kier molecular flexibility index (Phi) is 1.59. The number of ether oxygens (including phenoxy) is 3. The third kappa shape index (κ3) is 0.778. The molecule has 8 unspecified atom stereocenters. The summed E-state index contributed by atoms with van der Waals surface area (Å²) >= 11 is 0. The van der Waals surface area contributed by atoms with Crippen LogP contribution in [0.5, 0.6) is 0 Å². The first-order chi connectivity index (χ1) is 8.79. The third-order valence-electron chi connectivity index (χ3n) is 7.15. The number of aliphatic hydroxyl groups is 1. The molecule has 1 N–H and O–H groups in total. The van der Waals surface area contributed by atoms with E-state index in [1.807, 2.05) is 0 Å². The van der Waals surface area contributed by atoms with E-state index in [0.29, 0.717) is 11.8 Å². The van der Waals surface area contributed by atoms with Crippen LogP contribution < -0.4 is 0 Å². The van der Waals surface area contributed by atoms with Gasteiger partial charge in [0, 0.05) is 11.3 Å². The molecule has 0 aromatic heterocycles. The summed E-state index contributed by atoms with van der Waals surface area (Å²) in [5, 5.41) is 11.1. The molecule has 0 aromatic rings. The summed E-state index contributed by atoms with van der Waals surface area (Å²) in [5.41, 5.74) is -0.824. The van der Waals surface area contributed by atoms with Gasteiger partial charge in [0.05, 0.1) is 17.8 Å². The van der Waals surface area contributed by atoms with Crippen LogP contribution in [0.3, 0.4) is 0 Å². The standard InChI is InChI=1S/C15H22O4/c1-7-5-6-8-14-13(7,4)10-9(18-14)11(15(14,16)17-8)19-12(10,2)3/h7-11,16H,5-6H2,1-4H3. The monoisotopic (exact) mass is 266 g/mol. The minimum Gasteiger partial charge on any atom is -0.363 e. The molecule has 0 radical (unpaired) electrons. The molecule has 0 aromatic carbocycles. The molecule has 4 aliphatic heterocycles. The number of fused-ring (bicyclic) bond motifs is 2. The fourth-order valence-electron chi connectivity index (χ4n) is 6.47. The highest BCUT2D eigenvalue weighted by molar-refractivity contribution is 5.38. The lowest BCUT2D eigenvalue weighted by atomic mass is 9.44. The van der Waals surface area contributed by atoms with E-state index in [0.717, 1.165) is 12.8 Å². The fourth-order valence-corrected chi connectivity index (χ4v) is 6.47. The van der Waals surface area contributed by atoms with Crippen LogP contribution in [0.15, 0.2) is 0 Å². The Morgan fingerprint density at radius 2 is 1.79 bits per heavy atom. The van der Waals surface area contributed by atoms with Crippen LogP contribution in [0.2, 0.25) is 0 Å². The maximum absolute atomic E-state index is 11.1. The Bertz CT molecular complexity index is 491. The third-order valence-corrected chi connectivity index (χ3v) is 7.15. The lowest BCUT2D eigenvalue weighted by molar-refractivity contribution is -0.457. The molecule has 106 valence electrons. The summed E-state index contributed by atoms with van der Waals surface area (Å²) in [5.74, 6) is -0.334. The van der Waals surface area contributed by atoms with E-state index in [4.69, 9.17) is 14.2 Å². The van der Waals surface area contributed by atoms with Gasteiger partial charge in [0.1, 0.15) is 6.10 Å². The van der Waals surface area contributed by atoms with Gasteiger partial charge in [0.15, 0.2) is 5.60 Å². The van der Waals surface area contributed by atoms with Crippen molar-refractivity contribution in [2.45, 2.75) is 75.8 Å². The zero-order valence-corrected chi connectivity index (χ0v) is 12.0. The van der Waals surface area contributed by atoms with Gasteiger partial charge in [-0.15, -0.1) is 0 Å². The van der Waals surface area contributed by atoms with Crippen molar-refractivity contribution in [3.8, 4) is 0 Å². The molecule has 1 saturated carbocycles. The lowest BCUT2D eigenvalue weighted by Crippen LogP contribution is -2.84. The topological polar surface area (TPSA) is 47.9 Å². The second-order valence-corrected chi connectivity index (χ2v) is 8.00. The summed E-state index contributed by atoms with van der Waals surface area (Å²) in [6.07, 6.45) is 1.88. The summed E-state index contributed by atoms with van der Waals surface area (Å²) in [7, 11) is 0. The molecule has 5 aliphatic rings. The molecule has 19 heavy (non-hydrogen) atoms. The maximum atomic E-state index is 11.1. The van der Waals surface area contributed by atoms with E-state index in [9.17, 15) is 5.11 Å². The average Bonchev–Trinajstić information content (AvgIpc) is 2.81. The van der Waals surface area contributed by atoms with Gasteiger partial charge in [-0.1, -0.05) is 13.8 Å². The predicted molar refractivity (Wildman–Crippen MR) is 66.4 cm³/mol. The van der Waals surface area contributed by atoms with Gasteiger partial charge >= 0.3 is 0 Å². The Hall–Kier alpha value is -0.160. The molecule has 1 spiro atoms. The Labute approximate surface area is 113 Å². The number of hydrogen-bond acceptors (Lipinski definition) is 4. The van der Waals surface area contributed by atoms with E-state index in [1.54, 1.807) is 0 Å². The zero-order valence-electron chi connectivity index (χ0n) is 12.0. The van der Waals surface area contributed by atoms with Gasteiger partial charge < -0.3 is 19.3 Å². The smallest absolute Gasteiger partial charge is 0.228 e. The minimum atomic E-state index is -1.21. The van der Waals surface area contributed by atoms with Crippen molar-refractivity contribution in [2.75, 3.05) is 0 Å². The first kappa shape index (κ1) is 11.5. The van der Waals surface area contributed by atoms with Crippen molar-refractivity contribution in [1.82, 2.24) is 0 Å². The Balaban J connectivity index is 1.80. The first-order valence-corrected chi connectivity index (χ1v) is 7.55. The molecule has 4 heteroatoms. The molecular weight excluding hydrogens is 244 g/mol. The van der Waals surface area contributed by atoms with Crippen LogP contribution in [-0.4, -0.2) is 40.4 Å². The van der Waals surface area contributed by atoms with Crippen LogP contribution in [-0.2, 0) is 14.2 Å². The van der Waals surface area contributed by atoms with Crippen LogP contribution in [0.25, 0.3) is 0 Å². The van der Waals surface area contributed by atoms with Gasteiger partial charge in [0.25, 0.3) is 0 Å². The van der Waals surface area contributed by atoms with E-state index >= 15 is 0 Å². The van der Waals surface area contributed by atoms with Gasteiger partial charge in [-0.3, -0.25) is 0 Å². The van der Waals surface area contributed by atoms with Crippen molar-refractivity contribution < 1.29 is 19.3 Å². The normalized spacial score (nSPS) is 70.9. The van der Waals surface area contributed by atoms with E-state index in [-0.39, 0.29) is 29.3 Å². The Morgan fingerprint density at radius 3 is 2.53 bits per heavy atom. The second kappa shape index (κ2) is 2.63. The molecule has 8 atom stereocenters. The quantitative estimate of drug-likeness (QED) is 0.721. The average molecular weight is 266 g/mol. The van der Waals surface area contributed by atoms with Crippen molar-refractivity contribution >= 4 is 0 Å². The first-order valence-electron chi connectivity index (χ1n) is 7.55. The molecule has 2 bridgehead atoms. The van der Waals surface area contributed by atoms with Crippen molar-refractivity contribution in [2.24, 2.45) is 17.3 Å². The maximum Gasteiger partial charge on any atom is 0.228 e. The second-order valence-electron chi connectivity index (χ2n) is 8.00. The minimum absolute atomic E-state index is 0.00412. The molecule has 4 nitrogen and oxygen atoms in total. The SMILES string of the molecule is CC1CCC2OC3(O)C4OC(C)(C)C5C4OC23C15C. The summed E-state index contributed by atoms with van der Waals surface area (Å²) in [4.78, 5) is 0. The Morgan fingerprint density at radius 1 is 1.05 bits per heavy atom. The number of rotatable bonds is 0. The molecule has 5 fully saturated rings. The largest absolute Gasteiger partial charge is 0.363 e. The van der Waals surface area contributed by atoms with Crippen molar-refractivity contribution in [3.05, 3.63) is 0 Å².